The molecule has 0 bridgehead atoms. The highest BCUT2D eigenvalue weighted by molar-refractivity contribution is 14.2. The highest BCUT2D eigenvalue weighted by Crippen LogP contribution is 2.66. The summed E-state index contributed by atoms with van der Waals surface area (Å²) in [5.74, 6) is 0. The van der Waals surface area contributed by atoms with Crippen LogP contribution in [-0.4, -0.2) is 8.42 Å². The standard InChI is InChI=1S/C14H12IO3PS/c1-9-3-5-11-12-6-4-10(2)8-14(12)20(17,18)19(15,16)13(11)7-9/h3-8H,1-2H3. The van der Waals surface area contributed by atoms with Gasteiger partial charge in [-0.15, -0.1) is 0 Å². The van der Waals surface area contributed by atoms with Crippen molar-refractivity contribution in [2.75, 3.05) is 0 Å². The van der Waals surface area contributed by atoms with Gasteiger partial charge in [-0.1, -0.05) is 29.8 Å². The van der Waals surface area contributed by atoms with Gasteiger partial charge in [-0.2, -0.15) is 0 Å². The van der Waals surface area contributed by atoms with Gasteiger partial charge in [0.15, 0.2) is 0 Å². The Labute approximate surface area is 130 Å². The van der Waals surface area contributed by atoms with E-state index in [1.54, 1.807) is 40.2 Å². The third kappa shape index (κ3) is 1.83. The van der Waals surface area contributed by atoms with Crippen molar-refractivity contribution >= 4 is 40.8 Å². The van der Waals surface area contributed by atoms with Crippen LogP contribution >= 0.6 is 26.0 Å². The van der Waals surface area contributed by atoms with Crippen molar-refractivity contribution < 1.29 is 13.0 Å². The quantitative estimate of drug-likeness (QED) is 0.480. The summed E-state index contributed by atoms with van der Waals surface area (Å²) in [7, 11) is -3.83. The summed E-state index contributed by atoms with van der Waals surface area (Å²) < 4.78 is 34.8. The molecule has 0 N–H and O–H groups in total. The second kappa shape index (κ2) is 4.42. The fraction of sp³-hybridized carbons (Fsp3) is 0.143. The predicted molar refractivity (Wildman–Crippen MR) is 89.8 cm³/mol. The molecule has 0 spiro atoms. The van der Waals surface area contributed by atoms with E-state index in [1.165, 1.54) is 0 Å². The maximum atomic E-state index is 12.9. The molecule has 6 heteroatoms. The van der Waals surface area contributed by atoms with Gasteiger partial charge in [-0.3, -0.25) is 4.57 Å². The van der Waals surface area contributed by atoms with Gasteiger partial charge in [-0.05, 0) is 37.1 Å². The van der Waals surface area contributed by atoms with Crippen molar-refractivity contribution in [3.8, 4) is 11.1 Å². The van der Waals surface area contributed by atoms with E-state index < -0.39 is 13.4 Å². The number of rotatable bonds is 0. The second-order valence-electron chi connectivity index (χ2n) is 4.97. The van der Waals surface area contributed by atoms with Gasteiger partial charge in [0.1, 0.15) is 0 Å². The molecule has 0 saturated carbocycles. The van der Waals surface area contributed by atoms with Crippen molar-refractivity contribution in [2.24, 2.45) is 0 Å². The van der Waals surface area contributed by atoms with E-state index in [0.29, 0.717) is 10.9 Å². The van der Waals surface area contributed by atoms with Crippen molar-refractivity contribution in [1.29, 1.82) is 0 Å². The second-order valence-corrected chi connectivity index (χ2v) is 16.8. The molecule has 2 aromatic rings. The molecule has 1 atom stereocenters. The molecule has 1 heterocycles. The molecule has 0 saturated heterocycles. The van der Waals surface area contributed by atoms with Crippen molar-refractivity contribution in [1.82, 2.24) is 0 Å². The van der Waals surface area contributed by atoms with Crippen LogP contribution in [0, 0.1) is 13.8 Å². The average molecular weight is 418 g/mol. The van der Waals surface area contributed by atoms with Crippen molar-refractivity contribution in [3.05, 3.63) is 47.5 Å². The van der Waals surface area contributed by atoms with Crippen LogP contribution < -0.4 is 5.30 Å². The van der Waals surface area contributed by atoms with E-state index in [0.717, 1.165) is 16.7 Å². The Bertz CT molecular complexity index is 887. The van der Waals surface area contributed by atoms with Crippen molar-refractivity contribution in [2.45, 2.75) is 18.7 Å². The summed E-state index contributed by atoms with van der Waals surface area (Å²) in [5.41, 5.74) is 3.16. The fourth-order valence-corrected chi connectivity index (χ4v) is 10.1. The zero-order valence-corrected chi connectivity index (χ0v) is 14.8. The number of aryl methyl sites for hydroxylation is 2. The van der Waals surface area contributed by atoms with Crippen LogP contribution in [0.3, 0.4) is 0 Å². The predicted octanol–water partition coefficient (Wildman–Crippen LogP) is 4.01. The van der Waals surface area contributed by atoms with E-state index in [4.69, 9.17) is 0 Å². The van der Waals surface area contributed by atoms with Crippen LogP contribution in [0.25, 0.3) is 11.1 Å². The third-order valence-corrected chi connectivity index (χ3v) is 15.2. The van der Waals surface area contributed by atoms with Gasteiger partial charge < -0.3 is 0 Å². The van der Waals surface area contributed by atoms with Gasteiger partial charge in [-0.25, -0.2) is 8.42 Å². The number of hydrogen-bond donors (Lipinski definition) is 0. The smallest absolute Gasteiger partial charge is 0.283 e. The summed E-state index contributed by atoms with van der Waals surface area (Å²) in [6, 6.07) is 10.8. The SMILES string of the molecule is Cc1ccc2c(c1)P(=O)(I)S(=O)(=O)c1cc(C)ccc1-2. The van der Waals surface area contributed by atoms with Gasteiger partial charge in [0.2, 0.25) is 9.46 Å². The zero-order valence-electron chi connectivity index (χ0n) is 10.9. The van der Waals surface area contributed by atoms with E-state index in [2.05, 4.69) is 0 Å². The molecular formula is C14H12IO3PS. The molecule has 0 amide bonds. The molecule has 0 fully saturated rings. The molecule has 1 aliphatic rings. The molecule has 20 heavy (non-hydrogen) atoms. The molecule has 1 unspecified atom stereocenters. The monoisotopic (exact) mass is 418 g/mol. The molecule has 0 aliphatic carbocycles. The first-order valence-electron chi connectivity index (χ1n) is 6.02. The lowest BCUT2D eigenvalue weighted by Crippen LogP contribution is -2.19. The molecule has 3 nitrogen and oxygen atoms in total. The van der Waals surface area contributed by atoms with Gasteiger partial charge in [0, 0.05) is 32.9 Å². The van der Waals surface area contributed by atoms with Crippen LogP contribution in [0.2, 0.25) is 0 Å². The number of hydrogen-bond acceptors (Lipinski definition) is 3. The topological polar surface area (TPSA) is 51.2 Å². The number of benzene rings is 2. The Morgan fingerprint density at radius 1 is 0.950 bits per heavy atom. The lowest BCUT2D eigenvalue weighted by molar-refractivity contribution is 0.583. The summed E-state index contributed by atoms with van der Waals surface area (Å²) in [6.07, 6.45) is 0. The summed E-state index contributed by atoms with van der Waals surface area (Å²) >= 11 is 1.62. The normalized spacial score (nSPS) is 22.9. The van der Waals surface area contributed by atoms with Gasteiger partial charge in [0.25, 0.3) is 3.99 Å². The third-order valence-electron chi connectivity index (χ3n) is 3.46. The van der Waals surface area contributed by atoms with Crippen LogP contribution in [-0.2, 0) is 14.0 Å². The zero-order chi connectivity index (χ0) is 14.7. The molecular weight excluding hydrogens is 406 g/mol. The maximum Gasteiger partial charge on any atom is 0.283 e. The fourth-order valence-electron chi connectivity index (χ4n) is 2.41. The summed E-state index contributed by atoms with van der Waals surface area (Å²) in [4.78, 5) is 0.187. The molecule has 0 aromatic heterocycles. The Balaban J connectivity index is 2.53. The number of halogens is 1. The van der Waals surface area contributed by atoms with Crippen LogP contribution in [0.5, 0.6) is 0 Å². The summed E-state index contributed by atoms with van der Waals surface area (Å²) in [5, 5.41) is 0.439. The van der Waals surface area contributed by atoms with Crippen LogP contribution in [0.1, 0.15) is 11.1 Å². The molecule has 3 rings (SSSR count). The van der Waals surface area contributed by atoms with Gasteiger partial charge >= 0.3 is 0 Å². The Morgan fingerprint density at radius 2 is 1.50 bits per heavy atom. The molecule has 2 aromatic carbocycles. The first-order valence-corrected chi connectivity index (χ1v) is 12.6. The minimum Gasteiger partial charge on any atom is -0.290 e. The van der Waals surface area contributed by atoms with Gasteiger partial charge in [0.05, 0.1) is 4.90 Å². The first-order chi connectivity index (χ1) is 9.25. The maximum absolute atomic E-state index is 12.9. The van der Waals surface area contributed by atoms with E-state index in [9.17, 15) is 13.0 Å². The van der Waals surface area contributed by atoms with E-state index >= 15 is 0 Å². The molecule has 104 valence electrons. The Morgan fingerprint density at radius 3 is 2.15 bits per heavy atom. The lowest BCUT2D eigenvalue weighted by atomic mass is 10.0. The van der Waals surface area contributed by atoms with E-state index in [-0.39, 0.29) is 4.90 Å². The highest BCUT2D eigenvalue weighted by Gasteiger charge is 2.45. The Kier molecular flexibility index (Phi) is 3.16. The molecule has 1 aliphatic heterocycles. The number of fused-ring (bicyclic) bond motifs is 3. The lowest BCUT2D eigenvalue weighted by Gasteiger charge is -2.25. The van der Waals surface area contributed by atoms with Crippen molar-refractivity contribution in [3.63, 3.8) is 0 Å². The van der Waals surface area contributed by atoms with Crippen LogP contribution in [0.4, 0.5) is 0 Å². The first kappa shape index (κ1) is 14.3. The molecule has 0 radical (unpaired) electrons. The minimum atomic E-state index is -3.83. The minimum absolute atomic E-state index is 0.187. The summed E-state index contributed by atoms with van der Waals surface area (Å²) in [6.45, 7) is 3.70. The Hall–Kier alpha value is -0.650. The average Bonchev–Trinajstić information content (AvgIpc) is 2.37. The highest BCUT2D eigenvalue weighted by atomic mass is 127. The van der Waals surface area contributed by atoms with E-state index in [1.807, 2.05) is 32.0 Å². The van der Waals surface area contributed by atoms with Crippen LogP contribution in [0.15, 0.2) is 41.3 Å². The largest absolute Gasteiger partial charge is 0.290 e.